The molecule has 29 heavy (non-hydrogen) atoms. The van der Waals surface area contributed by atoms with Crippen molar-refractivity contribution in [3.8, 4) is 0 Å². The second-order valence-electron chi connectivity index (χ2n) is 10.6. The molecule has 0 N–H and O–H groups in total. The first kappa shape index (κ1) is 22.9. The Balaban J connectivity index is 1.96. The van der Waals surface area contributed by atoms with Crippen molar-refractivity contribution in [3.63, 3.8) is 0 Å². The maximum absolute atomic E-state index is 6.76. The molecule has 0 amide bonds. The number of hydrogen-bond acceptors (Lipinski definition) is 5. The summed E-state index contributed by atoms with van der Waals surface area (Å²) < 4.78 is 20.5. The van der Waals surface area contributed by atoms with E-state index in [-0.39, 0.29) is 29.5 Å². The van der Waals surface area contributed by atoms with Gasteiger partial charge in [0.25, 0.3) is 0 Å². The van der Waals surface area contributed by atoms with E-state index in [9.17, 15) is 0 Å². The Bertz CT molecular complexity index is 872. The Morgan fingerprint density at radius 1 is 1.17 bits per heavy atom. The molecule has 1 aliphatic rings. The van der Waals surface area contributed by atoms with E-state index in [2.05, 4.69) is 79.5 Å². The summed E-state index contributed by atoms with van der Waals surface area (Å²) in [5, 5.41) is 0.184. The van der Waals surface area contributed by atoms with E-state index in [1.165, 1.54) is 4.88 Å². The Hall–Kier alpha value is -0.728. The first-order chi connectivity index (χ1) is 13.2. The molecule has 0 aliphatic carbocycles. The van der Waals surface area contributed by atoms with Crippen LogP contribution in [0, 0.1) is 0 Å². The normalized spacial score (nSPS) is 20.4. The molecule has 3 heterocycles. The Morgan fingerprint density at radius 2 is 1.76 bits per heavy atom. The molecule has 0 radical (unpaired) electrons. The summed E-state index contributed by atoms with van der Waals surface area (Å²) in [6.45, 7) is 22.0. The Morgan fingerprint density at radius 3 is 2.28 bits per heavy atom. The third-order valence-electron chi connectivity index (χ3n) is 6.90. The van der Waals surface area contributed by atoms with Gasteiger partial charge in [0, 0.05) is 16.5 Å². The van der Waals surface area contributed by atoms with Gasteiger partial charge in [0.1, 0.15) is 0 Å². The van der Waals surface area contributed by atoms with E-state index in [0.717, 1.165) is 22.1 Å². The molecule has 1 aliphatic heterocycles. The number of hydrogen-bond donors (Lipinski definition) is 0. The predicted octanol–water partition coefficient (Wildman–Crippen LogP) is 6.07. The summed E-state index contributed by atoms with van der Waals surface area (Å²) in [5.74, 6) is 0. The molecule has 2 aromatic rings. The monoisotopic (exact) mass is 433 g/mol. The lowest BCUT2D eigenvalue weighted by Gasteiger charge is -2.39. The summed E-state index contributed by atoms with van der Waals surface area (Å²) in [6.07, 6.45) is 2.90. The fourth-order valence-corrected chi connectivity index (χ4v) is 5.86. The van der Waals surface area contributed by atoms with E-state index in [1.54, 1.807) is 11.3 Å². The van der Waals surface area contributed by atoms with E-state index >= 15 is 0 Å². The SMILES string of the molecule is CCC(O[Si](C)(C)C(C)(C)C)c1cc2nccc(B3OC(C)(C)C(C)(C)O3)c2s1. The standard InChI is InChI=1S/C22H36BNO3SSi/c1-11-17(25-29(9,10)20(2,3)4)18-14-16-19(28-18)15(12-13-24-16)23-26-21(5,6)22(7,8)27-23/h12-14,17H,11H2,1-10H3. The zero-order valence-corrected chi connectivity index (χ0v) is 21.5. The molecule has 1 saturated heterocycles. The highest BCUT2D eigenvalue weighted by atomic mass is 32.1. The molecule has 4 nitrogen and oxygen atoms in total. The van der Waals surface area contributed by atoms with Crippen LogP contribution in [0.15, 0.2) is 18.3 Å². The number of thiophene rings is 1. The van der Waals surface area contributed by atoms with Crippen LogP contribution in [0.3, 0.4) is 0 Å². The molecule has 160 valence electrons. The lowest BCUT2D eigenvalue weighted by Crippen LogP contribution is -2.41. The van der Waals surface area contributed by atoms with Crippen molar-refractivity contribution >= 4 is 42.5 Å². The van der Waals surface area contributed by atoms with Crippen LogP contribution in [0.2, 0.25) is 18.1 Å². The highest BCUT2D eigenvalue weighted by Crippen LogP contribution is 2.43. The van der Waals surface area contributed by atoms with Crippen molar-refractivity contribution in [1.82, 2.24) is 4.98 Å². The molecule has 1 unspecified atom stereocenters. The Labute approximate surface area is 181 Å². The largest absolute Gasteiger partial charge is 0.496 e. The number of nitrogens with zero attached hydrogens (tertiary/aromatic N) is 1. The fourth-order valence-electron chi connectivity index (χ4n) is 3.17. The van der Waals surface area contributed by atoms with E-state index in [1.807, 2.05) is 12.3 Å². The second kappa shape index (κ2) is 7.45. The Kier molecular flexibility index (Phi) is 5.89. The third-order valence-corrected chi connectivity index (χ3v) is 12.7. The summed E-state index contributed by atoms with van der Waals surface area (Å²) in [4.78, 5) is 5.86. The van der Waals surface area contributed by atoms with Crippen molar-refractivity contribution in [3.05, 3.63) is 23.2 Å². The molecule has 0 bridgehead atoms. The maximum Gasteiger partial charge on any atom is 0.496 e. The van der Waals surface area contributed by atoms with Gasteiger partial charge in [-0.05, 0) is 64.4 Å². The highest BCUT2D eigenvalue weighted by molar-refractivity contribution is 7.20. The first-order valence-corrected chi connectivity index (χ1v) is 14.3. The van der Waals surface area contributed by atoms with Crippen molar-refractivity contribution in [2.75, 3.05) is 0 Å². The molecular weight excluding hydrogens is 397 g/mol. The molecule has 0 saturated carbocycles. The lowest BCUT2D eigenvalue weighted by atomic mass is 9.79. The quantitative estimate of drug-likeness (QED) is 0.537. The lowest BCUT2D eigenvalue weighted by molar-refractivity contribution is 0.00578. The van der Waals surface area contributed by atoms with Crippen molar-refractivity contribution in [2.45, 2.75) is 97.2 Å². The van der Waals surface area contributed by atoms with E-state index in [4.69, 9.17) is 13.7 Å². The number of aromatic nitrogens is 1. The van der Waals surface area contributed by atoms with Gasteiger partial charge in [-0.2, -0.15) is 0 Å². The van der Waals surface area contributed by atoms with Gasteiger partial charge in [-0.3, -0.25) is 4.98 Å². The number of fused-ring (bicyclic) bond motifs is 1. The molecule has 2 aromatic heterocycles. The van der Waals surface area contributed by atoms with Gasteiger partial charge in [-0.15, -0.1) is 11.3 Å². The van der Waals surface area contributed by atoms with Crippen LogP contribution in [-0.2, 0) is 13.7 Å². The zero-order chi connectivity index (χ0) is 21.8. The van der Waals surface area contributed by atoms with Gasteiger partial charge < -0.3 is 13.7 Å². The highest BCUT2D eigenvalue weighted by Gasteiger charge is 2.52. The molecule has 0 aromatic carbocycles. The third kappa shape index (κ3) is 4.22. The van der Waals surface area contributed by atoms with Crippen molar-refractivity contribution < 1.29 is 13.7 Å². The van der Waals surface area contributed by atoms with E-state index < -0.39 is 8.32 Å². The number of pyridine rings is 1. The molecule has 0 spiro atoms. The summed E-state index contributed by atoms with van der Waals surface area (Å²) in [7, 11) is -2.24. The van der Waals surface area contributed by atoms with Gasteiger partial charge in [0.05, 0.1) is 27.5 Å². The maximum atomic E-state index is 6.76. The minimum atomic E-state index is -1.86. The second-order valence-corrected chi connectivity index (χ2v) is 16.5. The van der Waals surface area contributed by atoms with Gasteiger partial charge in [0.2, 0.25) is 0 Å². The molecule has 1 atom stereocenters. The number of rotatable bonds is 5. The summed E-state index contributed by atoms with van der Waals surface area (Å²) in [5.41, 5.74) is 1.34. The van der Waals surface area contributed by atoms with Gasteiger partial charge in [0.15, 0.2) is 8.32 Å². The van der Waals surface area contributed by atoms with Crippen LogP contribution in [0.1, 0.15) is 72.8 Å². The average Bonchev–Trinajstić information content (AvgIpc) is 3.09. The van der Waals surface area contributed by atoms with Crippen LogP contribution >= 0.6 is 11.3 Å². The van der Waals surface area contributed by atoms with E-state index in [0.29, 0.717) is 0 Å². The van der Waals surface area contributed by atoms with Gasteiger partial charge >= 0.3 is 7.12 Å². The van der Waals surface area contributed by atoms with Crippen LogP contribution in [0.5, 0.6) is 0 Å². The minimum Gasteiger partial charge on any atom is -0.409 e. The first-order valence-electron chi connectivity index (χ1n) is 10.6. The van der Waals surface area contributed by atoms with Gasteiger partial charge in [-0.1, -0.05) is 27.7 Å². The fraction of sp³-hybridized carbons (Fsp3) is 0.682. The van der Waals surface area contributed by atoms with Crippen molar-refractivity contribution in [1.29, 1.82) is 0 Å². The van der Waals surface area contributed by atoms with Crippen LogP contribution in [-0.4, -0.2) is 31.6 Å². The van der Waals surface area contributed by atoms with Crippen LogP contribution < -0.4 is 5.46 Å². The summed E-state index contributed by atoms with van der Waals surface area (Å²) >= 11 is 1.77. The average molecular weight is 433 g/mol. The minimum absolute atomic E-state index is 0.0984. The predicted molar refractivity (Wildman–Crippen MR) is 127 cm³/mol. The molecule has 3 rings (SSSR count). The topological polar surface area (TPSA) is 40.6 Å². The molecule has 7 heteroatoms. The zero-order valence-electron chi connectivity index (χ0n) is 19.7. The summed E-state index contributed by atoms with van der Waals surface area (Å²) in [6, 6.07) is 4.22. The molecular formula is C22H36BNO3SSi. The van der Waals surface area contributed by atoms with Gasteiger partial charge in [-0.25, -0.2) is 0 Å². The van der Waals surface area contributed by atoms with Crippen LogP contribution in [0.25, 0.3) is 10.2 Å². The smallest absolute Gasteiger partial charge is 0.409 e. The van der Waals surface area contributed by atoms with Crippen LogP contribution in [0.4, 0.5) is 0 Å². The molecule has 1 fully saturated rings. The van der Waals surface area contributed by atoms with Crippen molar-refractivity contribution in [2.24, 2.45) is 0 Å².